The van der Waals surface area contributed by atoms with Gasteiger partial charge in [0.25, 0.3) is 0 Å². The first-order valence-corrected chi connectivity index (χ1v) is 5.84. The van der Waals surface area contributed by atoms with E-state index in [1.54, 1.807) is 23.7 Å². The van der Waals surface area contributed by atoms with Crippen LogP contribution in [0.3, 0.4) is 0 Å². The smallest absolute Gasteiger partial charge is 0.223 e. The van der Waals surface area contributed by atoms with Crippen molar-refractivity contribution in [1.29, 1.82) is 0 Å². The molecule has 3 nitrogen and oxygen atoms in total. The highest BCUT2D eigenvalue weighted by Gasteiger charge is 2.06. The topological polar surface area (TPSA) is 37.8 Å². The van der Waals surface area contributed by atoms with E-state index >= 15 is 0 Å². The van der Waals surface area contributed by atoms with E-state index in [9.17, 15) is 0 Å². The Balaban J connectivity index is 2.06. The number of aromatic nitrogens is 2. The molecule has 2 aromatic rings. The van der Waals surface area contributed by atoms with Gasteiger partial charge in [-0.15, -0.1) is 0 Å². The molecule has 0 amide bonds. The third kappa shape index (κ3) is 2.67. The van der Waals surface area contributed by atoms with E-state index in [-0.39, 0.29) is 6.04 Å². The fourth-order valence-electron chi connectivity index (χ4n) is 1.19. The Hall–Kier alpha value is -1.13. The Bertz CT molecular complexity index is 413. The summed E-state index contributed by atoms with van der Waals surface area (Å²) in [6.45, 7) is 2.07. The van der Waals surface area contributed by atoms with E-state index in [0.29, 0.717) is 11.0 Å². The summed E-state index contributed by atoms with van der Waals surface area (Å²) in [6.07, 6.45) is 3.16. The SMILES string of the molecule is CC(Nc1ncc(Cl)cn1)c1ccsc1. The average molecular weight is 240 g/mol. The van der Waals surface area contributed by atoms with Crippen LogP contribution in [-0.4, -0.2) is 9.97 Å². The van der Waals surface area contributed by atoms with Crippen LogP contribution in [0, 0.1) is 0 Å². The number of anilines is 1. The lowest BCUT2D eigenvalue weighted by atomic mass is 10.2. The van der Waals surface area contributed by atoms with Gasteiger partial charge in [0.1, 0.15) is 0 Å². The van der Waals surface area contributed by atoms with Crippen LogP contribution in [0.4, 0.5) is 5.95 Å². The maximum Gasteiger partial charge on any atom is 0.223 e. The van der Waals surface area contributed by atoms with Crippen molar-refractivity contribution in [3.8, 4) is 0 Å². The van der Waals surface area contributed by atoms with E-state index < -0.39 is 0 Å². The normalized spacial score (nSPS) is 12.4. The molecule has 2 heterocycles. The Labute approximate surface area is 97.2 Å². The van der Waals surface area contributed by atoms with Crippen molar-refractivity contribution in [2.45, 2.75) is 13.0 Å². The van der Waals surface area contributed by atoms with Gasteiger partial charge in [-0.2, -0.15) is 11.3 Å². The minimum atomic E-state index is 0.206. The highest BCUT2D eigenvalue weighted by Crippen LogP contribution is 2.19. The van der Waals surface area contributed by atoms with Crippen LogP contribution in [0.1, 0.15) is 18.5 Å². The summed E-state index contributed by atoms with van der Waals surface area (Å²) in [7, 11) is 0. The van der Waals surface area contributed by atoms with Crippen LogP contribution < -0.4 is 5.32 Å². The second-order valence-corrected chi connectivity index (χ2v) is 4.36. The maximum absolute atomic E-state index is 5.70. The molecule has 0 fully saturated rings. The Morgan fingerprint density at radius 1 is 1.40 bits per heavy atom. The first kappa shape index (κ1) is 10.4. The molecule has 0 aliphatic carbocycles. The fourth-order valence-corrected chi connectivity index (χ4v) is 2.04. The number of rotatable bonds is 3. The minimum absolute atomic E-state index is 0.206. The van der Waals surface area contributed by atoms with E-state index in [4.69, 9.17) is 11.6 Å². The molecule has 0 bridgehead atoms. The molecule has 0 aromatic carbocycles. The summed E-state index contributed by atoms with van der Waals surface area (Å²) in [5.74, 6) is 0.595. The number of halogens is 1. The first-order valence-electron chi connectivity index (χ1n) is 4.52. The standard InChI is InChI=1S/C10H10ClN3S/c1-7(8-2-3-15-6-8)14-10-12-4-9(11)5-13-10/h2-7H,1H3,(H,12,13,14). The molecule has 1 N–H and O–H groups in total. The fraction of sp³-hybridized carbons (Fsp3) is 0.200. The zero-order valence-electron chi connectivity index (χ0n) is 8.14. The monoisotopic (exact) mass is 239 g/mol. The quantitative estimate of drug-likeness (QED) is 0.893. The van der Waals surface area contributed by atoms with Crippen LogP contribution in [0.2, 0.25) is 5.02 Å². The average Bonchev–Trinajstić information content (AvgIpc) is 2.74. The van der Waals surface area contributed by atoms with Crippen molar-refractivity contribution in [2.75, 3.05) is 5.32 Å². The molecule has 0 aliphatic heterocycles. The van der Waals surface area contributed by atoms with Crippen LogP contribution in [0.15, 0.2) is 29.2 Å². The Kier molecular flexibility index (Phi) is 3.18. The maximum atomic E-state index is 5.70. The molecule has 0 radical (unpaired) electrons. The van der Waals surface area contributed by atoms with Gasteiger partial charge in [0.15, 0.2) is 0 Å². The van der Waals surface area contributed by atoms with Crippen LogP contribution in [-0.2, 0) is 0 Å². The largest absolute Gasteiger partial charge is 0.348 e. The number of hydrogen-bond donors (Lipinski definition) is 1. The number of nitrogens with zero attached hydrogens (tertiary/aromatic N) is 2. The van der Waals surface area contributed by atoms with Gasteiger partial charge in [-0.05, 0) is 29.3 Å². The summed E-state index contributed by atoms with van der Waals surface area (Å²) in [4.78, 5) is 8.15. The van der Waals surface area contributed by atoms with E-state index in [1.165, 1.54) is 5.56 Å². The van der Waals surface area contributed by atoms with Crippen molar-refractivity contribution < 1.29 is 0 Å². The lowest BCUT2D eigenvalue weighted by Gasteiger charge is -2.11. The van der Waals surface area contributed by atoms with E-state index in [1.807, 2.05) is 0 Å². The molecule has 2 aromatic heterocycles. The Morgan fingerprint density at radius 2 is 2.13 bits per heavy atom. The molecule has 2 rings (SSSR count). The van der Waals surface area contributed by atoms with Gasteiger partial charge in [0.05, 0.1) is 23.5 Å². The third-order valence-corrected chi connectivity index (χ3v) is 2.91. The number of thiophene rings is 1. The lowest BCUT2D eigenvalue weighted by molar-refractivity contribution is 0.865. The van der Waals surface area contributed by atoms with Gasteiger partial charge in [0.2, 0.25) is 5.95 Å². The zero-order valence-corrected chi connectivity index (χ0v) is 9.72. The Morgan fingerprint density at radius 3 is 2.73 bits per heavy atom. The van der Waals surface area contributed by atoms with Gasteiger partial charge in [-0.3, -0.25) is 0 Å². The van der Waals surface area contributed by atoms with Gasteiger partial charge < -0.3 is 5.32 Å². The van der Waals surface area contributed by atoms with Crippen molar-refractivity contribution in [1.82, 2.24) is 9.97 Å². The molecule has 0 aliphatic rings. The first-order chi connectivity index (χ1) is 7.25. The van der Waals surface area contributed by atoms with Crippen molar-refractivity contribution in [3.63, 3.8) is 0 Å². The van der Waals surface area contributed by atoms with Gasteiger partial charge in [-0.1, -0.05) is 11.6 Å². The number of nitrogens with one attached hydrogen (secondary N) is 1. The molecule has 15 heavy (non-hydrogen) atoms. The molecular weight excluding hydrogens is 230 g/mol. The lowest BCUT2D eigenvalue weighted by Crippen LogP contribution is -2.08. The summed E-state index contributed by atoms with van der Waals surface area (Å²) in [5.41, 5.74) is 1.23. The predicted octanol–water partition coefficient (Wildman–Crippen LogP) is 3.36. The number of hydrogen-bond acceptors (Lipinski definition) is 4. The molecule has 0 saturated heterocycles. The zero-order chi connectivity index (χ0) is 10.7. The second kappa shape index (κ2) is 4.59. The van der Waals surface area contributed by atoms with Crippen molar-refractivity contribution in [3.05, 3.63) is 39.8 Å². The van der Waals surface area contributed by atoms with E-state index in [2.05, 4.69) is 39.0 Å². The van der Waals surface area contributed by atoms with Crippen molar-refractivity contribution >= 4 is 28.9 Å². The molecule has 1 atom stereocenters. The molecule has 0 spiro atoms. The highest BCUT2D eigenvalue weighted by atomic mass is 35.5. The van der Waals surface area contributed by atoms with Crippen molar-refractivity contribution in [2.24, 2.45) is 0 Å². The molecule has 5 heteroatoms. The second-order valence-electron chi connectivity index (χ2n) is 3.15. The molecule has 1 unspecified atom stereocenters. The molecule has 0 saturated carbocycles. The van der Waals surface area contributed by atoms with Crippen LogP contribution in [0.25, 0.3) is 0 Å². The predicted molar refractivity (Wildman–Crippen MR) is 63.4 cm³/mol. The van der Waals surface area contributed by atoms with Gasteiger partial charge >= 0.3 is 0 Å². The highest BCUT2D eigenvalue weighted by molar-refractivity contribution is 7.07. The van der Waals surface area contributed by atoms with Gasteiger partial charge in [-0.25, -0.2) is 9.97 Å². The third-order valence-electron chi connectivity index (χ3n) is 2.01. The van der Waals surface area contributed by atoms with Crippen LogP contribution >= 0.6 is 22.9 Å². The summed E-state index contributed by atoms with van der Waals surface area (Å²) >= 11 is 7.38. The molecular formula is C10H10ClN3S. The van der Waals surface area contributed by atoms with Gasteiger partial charge in [0, 0.05) is 0 Å². The minimum Gasteiger partial charge on any atom is -0.348 e. The summed E-state index contributed by atoms with van der Waals surface area (Å²) in [5, 5.41) is 7.90. The molecule has 78 valence electrons. The van der Waals surface area contributed by atoms with Crippen LogP contribution in [0.5, 0.6) is 0 Å². The summed E-state index contributed by atoms with van der Waals surface area (Å²) in [6, 6.07) is 2.29. The summed E-state index contributed by atoms with van der Waals surface area (Å²) < 4.78 is 0. The van der Waals surface area contributed by atoms with E-state index in [0.717, 1.165) is 0 Å².